The van der Waals surface area contributed by atoms with Crippen molar-refractivity contribution in [2.24, 2.45) is 17.4 Å². The molecule has 1 rings (SSSR count). The highest BCUT2D eigenvalue weighted by Crippen LogP contribution is 2.26. The lowest BCUT2D eigenvalue weighted by Gasteiger charge is -2.35. The fourth-order valence-corrected chi connectivity index (χ4v) is 1.40. The Hall–Kier alpha value is -0.810. The van der Waals surface area contributed by atoms with Gasteiger partial charge in [-0.1, -0.05) is 19.8 Å². The first-order chi connectivity index (χ1) is 5.86. The van der Waals surface area contributed by atoms with Crippen LogP contribution in [0.25, 0.3) is 0 Å². The number of rotatable bonds is 0. The average Bonchev–Trinajstić information content (AvgIpc) is 1.94. The molecule has 0 spiro atoms. The Morgan fingerprint density at radius 2 is 1.85 bits per heavy atom. The standard InChI is InChI=1S/C7H16N2.CH2O3/c1-6-4-2-3-5-7(6,8)9;2-1(3)4/h6H,2-5,8-9H2,1H3;(H2,2,3,4). The van der Waals surface area contributed by atoms with Gasteiger partial charge in [0.2, 0.25) is 0 Å². The van der Waals surface area contributed by atoms with Crippen molar-refractivity contribution < 1.29 is 15.0 Å². The van der Waals surface area contributed by atoms with Crippen LogP contribution in [0.4, 0.5) is 4.79 Å². The largest absolute Gasteiger partial charge is 0.503 e. The van der Waals surface area contributed by atoms with Crippen molar-refractivity contribution in [1.82, 2.24) is 0 Å². The van der Waals surface area contributed by atoms with E-state index >= 15 is 0 Å². The van der Waals surface area contributed by atoms with Gasteiger partial charge in [-0.25, -0.2) is 4.79 Å². The van der Waals surface area contributed by atoms with E-state index in [9.17, 15) is 0 Å². The van der Waals surface area contributed by atoms with E-state index in [1.165, 1.54) is 19.3 Å². The van der Waals surface area contributed by atoms with Crippen molar-refractivity contribution in [2.45, 2.75) is 38.3 Å². The molecular formula is C8H18N2O3. The lowest BCUT2D eigenvalue weighted by molar-refractivity contribution is 0.137. The van der Waals surface area contributed by atoms with Gasteiger partial charge in [-0.05, 0) is 18.8 Å². The molecule has 13 heavy (non-hydrogen) atoms. The van der Waals surface area contributed by atoms with E-state index < -0.39 is 6.16 Å². The zero-order valence-electron chi connectivity index (χ0n) is 7.86. The summed E-state index contributed by atoms with van der Waals surface area (Å²) in [5.74, 6) is 0.506. The monoisotopic (exact) mass is 190 g/mol. The highest BCUT2D eigenvalue weighted by molar-refractivity contribution is 5.53. The van der Waals surface area contributed by atoms with Crippen molar-refractivity contribution in [1.29, 1.82) is 0 Å². The van der Waals surface area contributed by atoms with Crippen molar-refractivity contribution in [3.05, 3.63) is 0 Å². The molecule has 1 aliphatic rings. The molecule has 78 valence electrons. The van der Waals surface area contributed by atoms with Crippen LogP contribution < -0.4 is 11.5 Å². The van der Waals surface area contributed by atoms with Gasteiger partial charge in [0.1, 0.15) is 0 Å². The third-order valence-corrected chi connectivity index (χ3v) is 2.41. The molecule has 0 aromatic heterocycles. The molecule has 1 aliphatic carbocycles. The first kappa shape index (κ1) is 12.2. The Morgan fingerprint density at radius 3 is 2.08 bits per heavy atom. The van der Waals surface area contributed by atoms with Gasteiger partial charge in [0.25, 0.3) is 0 Å². The molecular weight excluding hydrogens is 172 g/mol. The Morgan fingerprint density at radius 1 is 1.38 bits per heavy atom. The van der Waals surface area contributed by atoms with Crippen LogP contribution in [0.1, 0.15) is 32.6 Å². The molecule has 1 atom stereocenters. The summed E-state index contributed by atoms with van der Waals surface area (Å²) in [4.78, 5) is 8.56. The molecule has 0 heterocycles. The van der Waals surface area contributed by atoms with E-state index in [0.29, 0.717) is 5.92 Å². The summed E-state index contributed by atoms with van der Waals surface area (Å²) >= 11 is 0. The molecule has 0 aromatic carbocycles. The van der Waals surface area contributed by atoms with Gasteiger partial charge in [-0.2, -0.15) is 0 Å². The molecule has 0 saturated heterocycles. The second kappa shape index (κ2) is 5.04. The number of hydrogen-bond acceptors (Lipinski definition) is 3. The van der Waals surface area contributed by atoms with E-state index in [-0.39, 0.29) is 5.66 Å². The topological polar surface area (TPSA) is 110 Å². The molecule has 5 heteroatoms. The van der Waals surface area contributed by atoms with Crippen LogP contribution in [0.15, 0.2) is 0 Å². The van der Waals surface area contributed by atoms with Crippen LogP contribution in [0.2, 0.25) is 0 Å². The molecule has 1 fully saturated rings. The van der Waals surface area contributed by atoms with Gasteiger partial charge in [0.15, 0.2) is 0 Å². The first-order valence-corrected chi connectivity index (χ1v) is 4.36. The zero-order chi connectivity index (χ0) is 10.5. The van der Waals surface area contributed by atoms with Crippen molar-refractivity contribution in [3.8, 4) is 0 Å². The third kappa shape index (κ3) is 5.43. The highest BCUT2D eigenvalue weighted by Gasteiger charge is 2.29. The van der Waals surface area contributed by atoms with E-state index in [1.54, 1.807) is 0 Å². The van der Waals surface area contributed by atoms with Crippen LogP contribution in [-0.4, -0.2) is 22.0 Å². The summed E-state index contributed by atoms with van der Waals surface area (Å²) in [5.41, 5.74) is 11.2. The Bertz CT molecular complexity index is 167. The second-order valence-electron chi connectivity index (χ2n) is 3.54. The predicted octanol–water partition coefficient (Wildman–Crippen LogP) is 1.03. The Kier molecular flexibility index (Phi) is 4.72. The van der Waals surface area contributed by atoms with Crippen LogP contribution in [-0.2, 0) is 0 Å². The van der Waals surface area contributed by atoms with Crippen molar-refractivity contribution in [2.75, 3.05) is 0 Å². The minimum Gasteiger partial charge on any atom is -0.450 e. The van der Waals surface area contributed by atoms with Crippen LogP contribution in [0.5, 0.6) is 0 Å². The quantitative estimate of drug-likeness (QED) is 0.426. The van der Waals surface area contributed by atoms with E-state index in [4.69, 9.17) is 26.5 Å². The Balaban J connectivity index is 0.000000310. The molecule has 6 N–H and O–H groups in total. The predicted molar refractivity (Wildman–Crippen MR) is 49.4 cm³/mol. The third-order valence-electron chi connectivity index (χ3n) is 2.41. The van der Waals surface area contributed by atoms with Crippen molar-refractivity contribution >= 4 is 6.16 Å². The summed E-state index contributed by atoms with van der Waals surface area (Å²) < 4.78 is 0. The molecule has 0 bridgehead atoms. The maximum absolute atomic E-state index is 8.56. The fraction of sp³-hybridized carbons (Fsp3) is 0.875. The minimum atomic E-state index is -1.83. The smallest absolute Gasteiger partial charge is 0.450 e. The molecule has 1 saturated carbocycles. The summed E-state index contributed by atoms with van der Waals surface area (Å²) in [7, 11) is 0. The van der Waals surface area contributed by atoms with E-state index in [2.05, 4.69) is 6.92 Å². The molecule has 0 aliphatic heterocycles. The summed E-state index contributed by atoms with van der Waals surface area (Å²) in [5, 5.41) is 13.9. The highest BCUT2D eigenvalue weighted by atomic mass is 16.6. The summed E-state index contributed by atoms with van der Waals surface area (Å²) in [6.45, 7) is 2.14. The summed E-state index contributed by atoms with van der Waals surface area (Å²) in [6.07, 6.45) is 2.87. The van der Waals surface area contributed by atoms with E-state index in [0.717, 1.165) is 6.42 Å². The van der Waals surface area contributed by atoms with E-state index in [1.807, 2.05) is 0 Å². The fourth-order valence-electron chi connectivity index (χ4n) is 1.40. The second-order valence-corrected chi connectivity index (χ2v) is 3.54. The maximum atomic E-state index is 8.56. The van der Waals surface area contributed by atoms with Gasteiger partial charge in [-0.3, -0.25) is 0 Å². The molecule has 5 nitrogen and oxygen atoms in total. The van der Waals surface area contributed by atoms with Gasteiger partial charge in [-0.15, -0.1) is 0 Å². The van der Waals surface area contributed by atoms with Crippen LogP contribution in [0, 0.1) is 5.92 Å². The lowest BCUT2D eigenvalue weighted by Crippen LogP contribution is -2.56. The molecule has 0 radical (unpaired) electrons. The van der Waals surface area contributed by atoms with Gasteiger partial charge >= 0.3 is 6.16 Å². The van der Waals surface area contributed by atoms with Gasteiger partial charge in [0, 0.05) is 0 Å². The first-order valence-electron chi connectivity index (χ1n) is 4.36. The molecule has 0 amide bonds. The summed E-state index contributed by atoms with van der Waals surface area (Å²) in [6, 6.07) is 0. The SMILES string of the molecule is CC1CCCCC1(N)N.O=C(O)O. The molecule has 0 aromatic rings. The van der Waals surface area contributed by atoms with Gasteiger partial charge < -0.3 is 21.7 Å². The number of hydrogen-bond donors (Lipinski definition) is 4. The van der Waals surface area contributed by atoms with Crippen LogP contribution in [0.3, 0.4) is 0 Å². The van der Waals surface area contributed by atoms with Crippen LogP contribution >= 0.6 is 0 Å². The van der Waals surface area contributed by atoms with Gasteiger partial charge in [0.05, 0.1) is 5.66 Å². The molecule has 1 unspecified atom stereocenters. The average molecular weight is 190 g/mol. The van der Waals surface area contributed by atoms with Crippen molar-refractivity contribution in [3.63, 3.8) is 0 Å². The Labute approximate surface area is 77.7 Å². The number of carbonyl (C=O) groups is 1. The maximum Gasteiger partial charge on any atom is 0.503 e. The number of carboxylic acid groups (broad SMARTS) is 2. The normalized spacial score (nSPS) is 25.6. The lowest BCUT2D eigenvalue weighted by atomic mass is 9.81. The zero-order valence-corrected chi connectivity index (χ0v) is 7.86. The number of nitrogens with two attached hydrogens (primary N) is 2. The minimum absolute atomic E-state index is 0.363.